The van der Waals surface area contributed by atoms with Gasteiger partial charge in [0.25, 0.3) is 0 Å². The predicted octanol–water partition coefficient (Wildman–Crippen LogP) is 4.77. The van der Waals surface area contributed by atoms with Crippen LogP contribution in [-0.4, -0.2) is 16.5 Å². The molecule has 4 rings (SSSR count). The second-order valence-electron chi connectivity index (χ2n) is 6.26. The van der Waals surface area contributed by atoms with Crippen molar-refractivity contribution in [1.82, 2.24) is 9.97 Å². The van der Waals surface area contributed by atoms with E-state index < -0.39 is 0 Å². The lowest BCUT2D eigenvalue weighted by Crippen LogP contribution is -2.06. The van der Waals surface area contributed by atoms with E-state index in [1.54, 1.807) is 12.4 Å². The molecule has 0 saturated heterocycles. The third-order valence-corrected chi connectivity index (χ3v) is 4.54. The molecule has 0 unspecified atom stereocenters. The number of fused-ring (bicyclic) bond motifs is 1. The van der Waals surface area contributed by atoms with Crippen molar-refractivity contribution in [2.24, 2.45) is 0 Å². The first-order valence-electron chi connectivity index (χ1n) is 8.75. The normalized spacial score (nSPS) is 12.6. The first kappa shape index (κ1) is 15.5. The molecule has 2 heterocycles. The summed E-state index contributed by atoms with van der Waals surface area (Å²) in [5, 5.41) is 6.88. The Kier molecular flexibility index (Phi) is 4.51. The second-order valence-corrected chi connectivity index (χ2v) is 6.26. The number of hydrogen-bond donors (Lipinski definition) is 3. The number of pyridine rings is 1. The molecule has 0 spiro atoms. The van der Waals surface area contributed by atoms with Crippen LogP contribution in [0.1, 0.15) is 23.2 Å². The standard InChI is InChI=1S/C21H22N4/c1-2-4-21-20(3-1)16(15-24-21)9-14-23-17-5-7-18(8-6-17)25-19-10-12-22-13-11-19/h2,4-8,10-13,15,23-24H,1,3,9,14H2,(H,22,25). The smallest absolute Gasteiger partial charge is 0.0415 e. The quantitative estimate of drug-likeness (QED) is 0.610. The third-order valence-electron chi connectivity index (χ3n) is 4.54. The molecule has 3 aromatic rings. The van der Waals surface area contributed by atoms with Gasteiger partial charge in [-0.3, -0.25) is 4.98 Å². The summed E-state index contributed by atoms with van der Waals surface area (Å²) in [7, 11) is 0. The molecule has 1 aliphatic rings. The van der Waals surface area contributed by atoms with Gasteiger partial charge < -0.3 is 15.6 Å². The topological polar surface area (TPSA) is 52.7 Å². The minimum absolute atomic E-state index is 0.936. The molecular formula is C21H22N4. The van der Waals surface area contributed by atoms with Gasteiger partial charge in [0.2, 0.25) is 0 Å². The maximum atomic E-state index is 4.03. The lowest BCUT2D eigenvalue weighted by atomic mass is 9.99. The Bertz CT molecular complexity index is 847. The molecule has 126 valence electrons. The minimum atomic E-state index is 0.936. The Morgan fingerprint density at radius 1 is 0.960 bits per heavy atom. The van der Waals surface area contributed by atoms with Gasteiger partial charge in [-0.25, -0.2) is 0 Å². The molecule has 2 aromatic heterocycles. The molecule has 0 saturated carbocycles. The lowest BCUT2D eigenvalue weighted by molar-refractivity contribution is 0.937. The molecule has 0 atom stereocenters. The number of aromatic amines is 1. The number of nitrogens with one attached hydrogen (secondary N) is 3. The van der Waals surface area contributed by atoms with Crippen LogP contribution in [0.2, 0.25) is 0 Å². The van der Waals surface area contributed by atoms with Crippen LogP contribution in [0.25, 0.3) is 6.08 Å². The number of H-pyrrole nitrogens is 1. The van der Waals surface area contributed by atoms with Crippen molar-refractivity contribution in [3.05, 3.63) is 77.9 Å². The van der Waals surface area contributed by atoms with Crippen molar-refractivity contribution in [2.75, 3.05) is 17.2 Å². The van der Waals surface area contributed by atoms with E-state index in [0.29, 0.717) is 0 Å². The Morgan fingerprint density at radius 2 is 1.72 bits per heavy atom. The van der Waals surface area contributed by atoms with Gasteiger partial charge in [-0.2, -0.15) is 0 Å². The molecule has 25 heavy (non-hydrogen) atoms. The highest BCUT2D eigenvalue weighted by molar-refractivity contribution is 5.62. The van der Waals surface area contributed by atoms with Crippen molar-refractivity contribution in [3.63, 3.8) is 0 Å². The van der Waals surface area contributed by atoms with Crippen LogP contribution in [-0.2, 0) is 12.8 Å². The number of allylic oxidation sites excluding steroid dienone is 1. The van der Waals surface area contributed by atoms with Crippen molar-refractivity contribution >= 4 is 23.1 Å². The number of anilines is 3. The van der Waals surface area contributed by atoms with Crippen molar-refractivity contribution in [2.45, 2.75) is 19.3 Å². The molecule has 4 heteroatoms. The third kappa shape index (κ3) is 3.74. The summed E-state index contributed by atoms with van der Waals surface area (Å²) in [5.41, 5.74) is 7.46. The molecular weight excluding hydrogens is 308 g/mol. The van der Waals surface area contributed by atoms with Gasteiger partial charge >= 0.3 is 0 Å². The minimum Gasteiger partial charge on any atom is -0.385 e. The van der Waals surface area contributed by atoms with Gasteiger partial charge in [0.05, 0.1) is 0 Å². The maximum absolute atomic E-state index is 4.03. The SMILES string of the molecule is C1=Cc2[nH]cc(CCNc3ccc(Nc4ccncc4)cc3)c2CC1. The molecule has 0 radical (unpaired) electrons. The molecule has 1 aliphatic carbocycles. The van der Waals surface area contributed by atoms with Crippen LogP contribution in [0, 0.1) is 0 Å². The van der Waals surface area contributed by atoms with Gasteiger partial charge in [-0.05, 0) is 72.9 Å². The van der Waals surface area contributed by atoms with Gasteiger partial charge in [-0.15, -0.1) is 0 Å². The number of benzene rings is 1. The highest BCUT2D eigenvalue weighted by atomic mass is 14.9. The highest BCUT2D eigenvalue weighted by Crippen LogP contribution is 2.23. The van der Waals surface area contributed by atoms with Crippen molar-refractivity contribution in [3.8, 4) is 0 Å². The fraction of sp³-hybridized carbons (Fsp3) is 0.190. The summed E-state index contributed by atoms with van der Waals surface area (Å²) in [6.45, 7) is 0.936. The van der Waals surface area contributed by atoms with Gasteiger partial charge in [0.1, 0.15) is 0 Å². The Balaban J connectivity index is 1.31. The summed E-state index contributed by atoms with van der Waals surface area (Å²) in [6.07, 6.45) is 13.5. The van der Waals surface area contributed by atoms with E-state index in [2.05, 4.69) is 63.2 Å². The summed E-state index contributed by atoms with van der Waals surface area (Å²) < 4.78 is 0. The van der Waals surface area contributed by atoms with E-state index in [1.807, 2.05) is 12.1 Å². The Labute approximate surface area is 148 Å². The van der Waals surface area contributed by atoms with Crippen LogP contribution in [0.4, 0.5) is 17.1 Å². The van der Waals surface area contributed by atoms with E-state index in [1.165, 1.54) is 16.8 Å². The van der Waals surface area contributed by atoms with Gasteiger partial charge in [0.15, 0.2) is 0 Å². The number of aromatic nitrogens is 2. The highest BCUT2D eigenvalue weighted by Gasteiger charge is 2.11. The number of rotatable bonds is 6. The van der Waals surface area contributed by atoms with E-state index >= 15 is 0 Å². The zero-order valence-electron chi connectivity index (χ0n) is 14.1. The van der Waals surface area contributed by atoms with Crippen molar-refractivity contribution in [1.29, 1.82) is 0 Å². The summed E-state index contributed by atoms with van der Waals surface area (Å²) in [4.78, 5) is 7.40. The average Bonchev–Trinajstić information content (AvgIpc) is 3.07. The molecule has 0 fully saturated rings. The van der Waals surface area contributed by atoms with Crippen LogP contribution in [0.3, 0.4) is 0 Å². The zero-order valence-corrected chi connectivity index (χ0v) is 14.1. The predicted molar refractivity (Wildman–Crippen MR) is 104 cm³/mol. The van der Waals surface area contributed by atoms with Crippen LogP contribution >= 0.6 is 0 Å². The largest absolute Gasteiger partial charge is 0.385 e. The number of nitrogens with zero attached hydrogens (tertiary/aromatic N) is 1. The molecule has 4 nitrogen and oxygen atoms in total. The van der Waals surface area contributed by atoms with E-state index in [0.717, 1.165) is 42.9 Å². The average molecular weight is 330 g/mol. The fourth-order valence-corrected chi connectivity index (χ4v) is 3.22. The maximum Gasteiger partial charge on any atom is 0.0415 e. The first-order chi connectivity index (χ1) is 12.4. The molecule has 0 bridgehead atoms. The van der Waals surface area contributed by atoms with Crippen LogP contribution < -0.4 is 10.6 Å². The monoisotopic (exact) mass is 330 g/mol. The fourth-order valence-electron chi connectivity index (χ4n) is 3.22. The molecule has 0 amide bonds. The van der Waals surface area contributed by atoms with E-state index in [4.69, 9.17) is 0 Å². The zero-order chi connectivity index (χ0) is 16.9. The Morgan fingerprint density at radius 3 is 2.56 bits per heavy atom. The van der Waals surface area contributed by atoms with E-state index in [-0.39, 0.29) is 0 Å². The second kappa shape index (κ2) is 7.26. The lowest BCUT2D eigenvalue weighted by Gasteiger charge is -2.11. The van der Waals surface area contributed by atoms with Gasteiger partial charge in [0, 0.05) is 47.9 Å². The van der Waals surface area contributed by atoms with Crippen molar-refractivity contribution < 1.29 is 0 Å². The van der Waals surface area contributed by atoms with Crippen LogP contribution in [0.15, 0.2) is 61.1 Å². The molecule has 3 N–H and O–H groups in total. The summed E-state index contributed by atoms with van der Waals surface area (Å²) in [6, 6.07) is 12.3. The molecule has 1 aromatic carbocycles. The molecule has 0 aliphatic heterocycles. The van der Waals surface area contributed by atoms with Gasteiger partial charge in [-0.1, -0.05) is 6.08 Å². The summed E-state index contributed by atoms with van der Waals surface area (Å²) >= 11 is 0. The van der Waals surface area contributed by atoms with Crippen LogP contribution in [0.5, 0.6) is 0 Å². The Hall–Kier alpha value is -3.01. The van der Waals surface area contributed by atoms with E-state index in [9.17, 15) is 0 Å². The first-order valence-corrected chi connectivity index (χ1v) is 8.75. The number of hydrogen-bond acceptors (Lipinski definition) is 3. The summed E-state index contributed by atoms with van der Waals surface area (Å²) in [5.74, 6) is 0.